The minimum absolute atomic E-state index is 0.201. The Hall–Kier alpha value is -3.25. The van der Waals surface area contributed by atoms with Crippen molar-refractivity contribution in [2.75, 3.05) is 12.4 Å². The molecule has 0 fully saturated rings. The fourth-order valence-electron chi connectivity index (χ4n) is 2.97. The number of nitrogens with zero attached hydrogens (tertiary/aromatic N) is 2. The van der Waals surface area contributed by atoms with Gasteiger partial charge in [-0.05, 0) is 54.8 Å². The fourth-order valence-corrected chi connectivity index (χ4v) is 3.67. The molecule has 0 unspecified atom stereocenters. The van der Waals surface area contributed by atoms with Crippen molar-refractivity contribution < 1.29 is 9.53 Å². The summed E-state index contributed by atoms with van der Waals surface area (Å²) < 4.78 is 5.36. The van der Waals surface area contributed by atoms with Crippen molar-refractivity contribution in [2.24, 2.45) is 0 Å². The Bertz CT molecular complexity index is 1120. The first kappa shape index (κ1) is 17.2. The van der Waals surface area contributed by atoms with E-state index in [4.69, 9.17) is 4.74 Å². The number of nitrogens with one attached hydrogen (secondary N) is 1. The first-order valence-corrected chi connectivity index (χ1v) is 9.30. The van der Waals surface area contributed by atoms with Gasteiger partial charge in [-0.25, -0.2) is 0 Å². The summed E-state index contributed by atoms with van der Waals surface area (Å²) in [4.78, 5) is 22.9. The van der Waals surface area contributed by atoms with E-state index in [0.29, 0.717) is 28.2 Å². The van der Waals surface area contributed by atoms with Crippen LogP contribution in [0.15, 0.2) is 60.1 Å². The molecule has 3 aromatic heterocycles. The van der Waals surface area contributed by atoms with Gasteiger partial charge in [-0.2, -0.15) is 0 Å². The van der Waals surface area contributed by atoms with Crippen LogP contribution in [0.4, 0.5) is 5.69 Å². The third kappa shape index (κ3) is 3.27. The summed E-state index contributed by atoms with van der Waals surface area (Å²) in [5, 5.41) is 5.81. The first-order valence-electron chi connectivity index (χ1n) is 8.42. The lowest BCUT2D eigenvalue weighted by molar-refractivity contribution is 0.102. The molecule has 6 heteroatoms. The zero-order valence-corrected chi connectivity index (χ0v) is 15.7. The number of ether oxygens (including phenoxy) is 1. The average molecular weight is 375 g/mol. The molecular weight excluding hydrogens is 358 g/mol. The Morgan fingerprint density at radius 3 is 2.74 bits per heavy atom. The highest BCUT2D eigenvalue weighted by molar-refractivity contribution is 7.13. The minimum Gasteiger partial charge on any atom is -0.494 e. The summed E-state index contributed by atoms with van der Waals surface area (Å²) in [7, 11) is 1.60. The van der Waals surface area contributed by atoms with Crippen LogP contribution in [-0.2, 0) is 0 Å². The maximum Gasteiger partial charge on any atom is 0.257 e. The normalized spacial score (nSPS) is 10.7. The molecule has 1 amide bonds. The Morgan fingerprint density at radius 1 is 1.11 bits per heavy atom. The number of pyridine rings is 2. The maximum absolute atomic E-state index is 12.8. The zero-order chi connectivity index (χ0) is 18.8. The van der Waals surface area contributed by atoms with Crippen molar-refractivity contribution in [3.05, 3.63) is 71.4 Å². The molecule has 0 spiro atoms. The number of amides is 1. The van der Waals surface area contributed by atoms with Gasteiger partial charge in [-0.1, -0.05) is 6.07 Å². The number of thiophene rings is 1. The van der Waals surface area contributed by atoms with E-state index in [1.165, 1.54) is 0 Å². The third-order valence-electron chi connectivity index (χ3n) is 4.30. The zero-order valence-electron chi connectivity index (χ0n) is 14.9. The van der Waals surface area contributed by atoms with E-state index in [1.807, 2.05) is 54.8 Å². The van der Waals surface area contributed by atoms with E-state index in [1.54, 1.807) is 30.7 Å². The van der Waals surface area contributed by atoms with Crippen molar-refractivity contribution in [3.63, 3.8) is 0 Å². The lowest BCUT2D eigenvalue weighted by Gasteiger charge is -2.12. The molecule has 0 atom stereocenters. The highest BCUT2D eigenvalue weighted by Crippen LogP contribution is 2.30. The molecule has 4 rings (SSSR count). The molecule has 0 aliphatic heterocycles. The maximum atomic E-state index is 12.8. The van der Waals surface area contributed by atoms with Crippen LogP contribution < -0.4 is 10.1 Å². The first-order chi connectivity index (χ1) is 13.2. The third-order valence-corrected chi connectivity index (χ3v) is 5.20. The van der Waals surface area contributed by atoms with Gasteiger partial charge in [0.1, 0.15) is 11.3 Å². The number of fused-ring (bicyclic) bond motifs is 1. The number of rotatable bonds is 4. The van der Waals surface area contributed by atoms with Crippen molar-refractivity contribution in [1.29, 1.82) is 0 Å². The lowest BCUT2D eigenvalue weighted by Crippen LogP contribution is -2.14. The topological polar surface area (TPSA) is 64.1 Å². The second-order valence-electron chi connectivity index (χ2n) is 5.98. The van der Waals surface area contributed by atoms with Crippen molar-refractivity contribution in [3.8, 4) is 16.3 Å². The number of hydrogen-bond donors (Lipinski definition) is 1. The number of hydrogen-bond acceptors (Lipinski definition) is 5. The molecular formula is C21H17N3O2S. The largest absolute Gasteiger partial charge is 0.494 e. The lowest BCUT2D eigenvalue weighted by atomic mass is 10.1. The molecule has 0 aliphatic carbocycles. The SMILES string of the molecule is COc1ccc(NC(=O)c2ccc(-c3cccs3)nc2C)c2cccnc12. The molecule has 0 bridgehead atoms. The van der Waals surface area contributed by atoms with E-state index < -0.39 is 0 Å². The van der Waals surface area contributed by atoms with Gasteiger partial charge in [0.2, 0.25) is 0 Å². The molecule has 4 aromatic rings. The second kappa shape index (κ2) is 7.17. The Balaban J connectivity index is 1.66. The predicted octanol–water partition coefficient (Wildman–Crippen LogP) is 4.93. The van der Waals surface area contributed by atoms with Crippen molar-refractivity contribution in [1.82, 2.24) is 9.97 Å². The molecule has 1 N–H and O–H groups in total. The predicted molar refractivity (Wildman–Crippen MR) is 109 cm³/mol. The molecule has 5 nitrogen and oxygen atoms in total. The standard InChI is InChI=1S/C21H17N3O2S/c1-13-14(7-8-17(23-13)19-6-4-12-27-19)21(25)24-16-9-10-18(26-2)20-15(16)5-3-11-22-20/h3-12H,1-2H3,(H,24,25). The molecule has 0 saturated heterocycles. The highest BCUT2D eigenvalue weighted by atomic mass is 32.1. The van der Waals surface area contributed by atoms with Crippen LogP contribution in [0.5, 0.6) is 5.75 Å². The molecule has 0 aliphatic rings. The van der Waals surface area contributed by atoms with E-state index in [2.05, 4.69) is 15.3 Å². The Labute approximate surface area is 160 Å². The van der Waals surface area contributed by atoms with Crippen molar-refractivity contribution >= 4 is 33.8 Å². The monoisotopic (exact) mass is 375 g/mol. The summed E-state index contributed by atoms with van der Waals surface area (Å²) >= 11 is 1.62. The minimum atomic E-state index is -0.201. The van der Waals surface area contributed by atoms with Gasteiger partial charge in [-0.15, -0.1) is 11.3 Å². The summed E-state index contributed by atoms with van der Waals surface area (Å²) in [6.45, 7) is 1.85. The summed E-state index contributed by atoms with van der Waals surface area (Å²) in [5.74, 6) is 0.467. The molecule has 0 saturated carbocycles. The van der Waals surface area contributed by atoms with Gasteiger partial charge in [0.05, 0.1) is 34.6 Å². The highest BCUT2D eigenvalue weighted by Gasteiger charge is 2.15. The number of carbonyl (C=O) groups is 1. The van der Waals surface area contributed by atoms with Crippen LogP contribution in [0.1, 0.15) is 16.1 Å². The van der Waals surface area contributed by atoms with Gasteiger partial charge in [0.25, 0.3) is 5.91 Å². The molecule has 134 valence electrons. The smallest absolute Gasteiger partial charge is 0.257 e. The molecule has 27 heavy (non-hydrogen) atoms. The second-order valence-corrected chi connectivity index (χ2v) is 6.92. The molecule has 1 aromatic carbocycles. The quantitative estimate of drug-likeness (QED) is 0.549. The number of aryl methyl sites for hydroxylation is 1. The van der Waals surface area contributed by atoms with Crippen LogP contribution in [0, 0.1) is 6.92 Å². The molecule has 3 heterocycles. The number of carbonyl (C=O) groups excluding carboxylic acids is 1. The number of anilines is 1. The number of aromatic nitrogens is 2. The summed E-state index contributed by atoms with van der Waals surface area (Å²) in [5.41, 5.74) is 3.50. The van der Waals surface area contributed by atoms with E-state index in [0.717, 1.165) is 16.0 Å². The van der Waals surface area contributed by atoms with E-state index in [-0.39, 0.29) is 5.91 Å². The summed E-state index contributed by atoms with van der Waals surface area (Å²) in [6.07, 6.45) is 1.70. The Kier molecular flexibility index (Phi) is 4.56. The van der Waals surface area contributed by atoms with Crippen LogP contribution in [0.3, 0.4) is 0 Å². The van der Waals surface area contributed by atoms with Crippen LogP contribution in [0.2, 0.25) is 0 Å². The fraction of sp³-hybridized carbons (Fsp3) is 0.0952. The Morgan fingerprint density at radius 2 is 2.00 bits per heavy atom. The van der Waals surface area contributed by atoms with Gasteiger partial charge in [0, 0.05) is 11.6 Å². The number of benzene rings is 1. The van der Waals surface area contributed by atoms with Gasteiger partial charge in [-0.3, -0.25) is 14.8 Å². The van der Waals surface area contributed by atoms with Crippen LogP contribution >= 0.6 is 11.3 Å². The van der Waals surface area contributed by atoms with Crippen LogP contribution in [0.25, 0.3) is 21.5 Å². The molecule has 0 radical (unpaired) electrons. The van der Waals surface area contributed by atoms with Gasteiger partial charge >= 0.3 is 0 Å². The number of methoxy groups -OCH3 is 1. The van der Waals surface area contributed by atoms with Crippen molar-refractivity contribution in [2.45, 2.75) is 6.92 Å². The van der Waals surface area contributed by atoms with Crippen LogP contribution in [-0.4, -0.2) is 23.0 Å². The van der Waals surface area contributed by atoms with Gasteiger partial charge in [0.15, 0.2) is 0 Å². The van der Waals surface area contributed by atoms with E-state index in [9.17, 15) is 4.79 Å². The summed E-state index contributed by atoms with van der Waals surface area (Å²) in [6, 6.07) is 15.1. The average Bonchev–Trinajstić information content (AvgIpc) is 3.23. The van der Waals surface area contributed by atoms with Gasteiger partial charge < -0.3 is 10.1 Å². The van der Waals surface area contributed by atoms with E-state index >= 15 is 0 Å².